The van der Waals surface area contributed by atoms with Gasteiger partial charge in [-0.3, -0.25) is 4.98 Å². The number of rotatable bonds is 4. The van der Waals surface area contributed by atoms with Crippen LogP contribution in [0.4, 0.5) is 5.82 Å². The predicted octanol–water partition coefficient (Wildman–Crippen LogP) is 1.71. The van der Waals surface area contributed by atoms with Crippen molar-refractivity contribution in [3.63, 3.8) is 0 Å². The van der Waals surface area contributed by atoms with Gasteiger partial charge in [0.2, 0.25) is 5.88 Å². The summed E-state index contributed by atoms with van der Waals surface area (Å²) < 4.78 is 5.50. The third-order valence-electron chi connectivity index (χ3n) is 3.33. The van der Waals surface area contributed by atoms with E-state index in [9.17, 15) is 9.90 Å². The van der Waals surface area contributed by atoms with Crippen LogP contribution < -0.4 is 9.64 Å². The molecule has 1 N–H and O–H groups in total. The number of aliphatic carboxylic acids is 1. The Morgan fingerprint density at radius 2 is 2.26 bits per heavy atom. The first-order valence-electron chi connectivity index (χ1n) is 6.43. The Labute approximate surface area is 112 Å². The molecule has 1 saturated heterocycles. The lowest BCUT2D eigenvalue weighted by atomic mass is 9.99. The summed E-state index contributed by atoms with van der Waals surface area (Å²) in [5.41, 5.74) is -0.912. The van der Waals surface area contributed by atoms with Crippen molar-refractivity contribution in [3.8, 4) is 5.88 Å². The van der Waals surface area contributed by atoms with E-state index in [4.69, 9.17) is 4.74 Å². The van der Waals surface area contributed by atoms with E-state index in [2.05, 4.69) is 9.97 Å². The molecular weight excluding hydrogens is 246 g/mol. The normalized spacial score (nSPS) is 22.8. The van der Waals surface area contributed by atoms with Crippen LogP contribution in [-0.4, -0.2) is 39.2 Å². The molecular formula is C13H19N3O3. The number of hydrogen-bond acceptors (Lipinski definition) is 5. The van der Waals surface area contributed by atoms with Gasteiger partial charge < -0.3 is 14.7 Å². The van der Waals surface area contributed by atoms with E-state index in [1.165, 1.54) is 6.20 Å². The highest BCUT2D eigenvalue weighted by molar-refractivity contribution is 5.83. The Kier molecular flexibility index (Phi) is 3.59. The summed E-state index contributed by atoms with van der Waals surface area (Å²) in [4.78, 5) is 21.7. The minimum Gasteiger partial charge on any atom is -0.480 e. The van der Waals surface area contributed by atoms with E-state index >= 15 is 0 Å². The zero-order valence-electron chi connectivity index (χ0n) is 11.5. The Morgan fingerprint density at radius 1 is 1.53 bits per heavy atom. The van der Waals surface area contributed by atoms with E-state index in [0.717, 1.165) is 6.42 Å². The number of carbonyl (C=O) groups is 1. The highest BCUT2D eigenvalue weighted by Crippen LogP contribution is 2.33. The van der Waals surface area contributed by atoms with Gasteiger partial charge in [0.05, 0.1) is 18.5 Å². The van der Waals surface area contributed by atoms with Gasteiger partial charge >= 0.3 is 5.97 Å². The maximum atomic E-state index is 11.4. The number of anilines is 1. The molecule has 2 heterocycles. The third kappa shape index (κ3) is 2.62. The second-order valence-corrected chi connectivity index (χ2v) is 5.22. The highest BCUT2D eigenvalue weighted by atomic mass is 16.5. The van der Waals surface area contributed by atoms with E-state index in [-0.39, 0.29) is 6.10 Å². The number of carboxylic acid groups (broad SMARTS) is 1. The van der Waals surface area contributed by atoms with Gasteiger partial charge in [-0.05, 0) is 33.6 Å². The Balaban J connectivity index is 2.28. The quantitative estimate of drug-likeness (QED) is 0.893. The fourth-order valence-corrected chi connectivity index (χ4v) is 2.32. The molecule has 0 aliphatic carbocycles. The molecule has 1 unspecified atom stereocenters. The molecule has 0 amide bonds. The maximum absolute atomic E-state index is 11.4. The maximum Gasteiger partial charge on any atom is 0.329 e. The summed E-state index contributed by atoms with van der Waals surface area (Å²) in [6.45, 7) is 6.21. The van der Waals surface area contributed by atoms with Crippen molar-refractivity contribution in [2.24, 2.45) is 0 Å². The second-order valence-electron chi connectivity index (χ2n) is 5.22. The molecule has 1 atom stereocenters. The largest absolute Gasteiger partial charge is 0.480 e. The topological polar surface area (TPSA) is 75.5 Å². The molecule has 0 radical (unpaired) electrons. The standard InChI is InChI=1S/C13H19N3O3/c1-9(2)19-11-8-14-7-10(15-11)16-6-4-5-13(16,3)12(17)18/h7-9H,4-6H2,1-3H3,(H,17,18). The number of aromatic nitrogens is 2. The van der Waals surface area contributed by atoms with Crippen molar-refractivity contribution >= 4 is 11.8 Å². The van der Waals surface area contributed by atoms with Crippen molar-refractivity contribution in [1.29, 1.82) is 0 Å². The van der Waals surface area contributed by atoms with Crippen LogP contribution in [0.25, 0.3) is 0 Å². The first-order valence-corrected chi connectivity index (χ1v) is 6.43. The van der Waals surface area contributed by atoms with Crippen molar-refractivity contribution in [2.75, 3.05) is 11.4 Å². The van der Waals surface area contributed by atoms with Crippen LogP contribution in [0.5, 0.6) is 5.88 Å². The van der Waals surface area contributed by atoms with E-state index in [1.807, 2.05) is 13.8 Å². The molecule has 1 fully saturated rings. The minimum absolute atomic E-state index is 0.00832. The zero-order chi connectivity index (χ0) is 14.0. The van der Waals surface area contributed by atoms with Crippen molar-refractivity contribution < 1.29 is 14.6 Å². The number of carboxylic acids is 1. The molecule has 104 valence electrons. The molecule has 1 aromatic rings. The van der Waals surface area contributed by atoms with Crippen LogP contribution in [0.3, 0.4) is 0 Å². The van der Waals surface area contributed by atoms with Crippen LogP contribution in [0.2, 0.25) is 0 Å². The van der Waals surface area contributed by atoms with Gasteiger partial charge in [-0.25, -0.2) is 4.79 Å². The third-order valence-corrected chi connectivity index (χ3v) is 3.33. The van der Waals surface area contributed by atoms with Gasteiger partial charge in [0, 0.05) is 6.54 Å². The molecule has 6 heteroatoms. The molecule has 2 rings (SSSR count). The van der Waals surface area contributed by atoms with E-state index in [1.54, 1.807) is 18.0 Å². The summed E-state index contributed by atoms with van der Waals surface area (Å²) in [6, 6.07) is 0. The summed E-state index contributed by atoms with van der Waals surface area (Å²) in [5, 5.41) is 9.40. The van der Waals surface area contributed by atoms with Gasteiger partial charge in [-0.15, -0.1) is 0 Å². The number of nitrogens with zero attached hydrogens (tertiary/aromatic N) is 3. The molecule has 1 aromatic heterocycles. The van der Waals surface area contributed by atoms with Gasteiger partial charge in [0.15, 0.2) is 5.82 Å². The van der Waals surface area contributed by atoms with E-state index in [0.29, 0.717) is 24.7 Å². The van der Waals surface area contributed by atoms with Crippen molar-refractivity contribution in [1.82, 2.24) is 9.97 Å². The van der Waals surface area contributed by atoms with Crippen LogP contribution >= 0.6 is 0 Å². The fourth-order valence-electron chi connectivity index (χ4n) is 2.32. The lowest BCUT2D eigenvalue weighted by Crippen LogP contribution is -2.48. The molecule has 1 aliphatic rings. The van der Waals surface area contributed by atoms with E-state index < -0.39 is 11.5 Å². The first kappa shape index (κ1) is 13.6. The average molecular weight is 265 g/mol. The molecule has 0 spiro atoms. The summed E-state index contributed by atoms with van der Waals surface area (Å²) >= 11 is 0. The molecule has 0 saturated carbocycles. The Morgan fingerprint density at radius 3 is 2.89 bits per heavy atom. The average Bonchev–Trinajstić information content (AvgIpc) is 2.72. The molecule has 6 nitrogen and oxygen atoms in total. The minimum atomic E-state index is -0.912. The first-order chi connectivity index (χ1) is 8.93. The smallest absolute Gasteiger partial charge is 0.329 e. The van der Waals surface area contributed by atoms with Crippen LogP contribution in [0.1, 0.15) is 33.6 Å². The SMILES string of the molecule is CC(C)Oc1cncc(N2CCCC2(C)C(=O)O)n1. The fraction of sp³-hybridized carbons (Fsp3) is 0.615. The highest BCUT2D eigenvalue weighted by Gasteiger charge is 2.44. The number of ether oxygens (including phenoxy) is 1. The van der Waals surface area contributed by atoms with Gasteiger partial charge in [0.1, 0.15) is 5.54 Å². The van der Waals surface area contributed by atoms with Crippen molar-refractivity contribution in [2.45, 2.75) is 45.3 Å². The summed E-state index contributed by atoms with van der Waals surface area (Å²) in [6.07, 6.45) is 4.57. The molecule has 0 bridgehead atoms. The van der Waals surface area contributed by atoms with Crippen LogP contribution in [0.15, 0.2) is 12.4 Å². The predicted molar refractivity (Wildman–Crippen MR) is 70.4 cm³/mol. The molecule has 1 aliphatic heterocycles. The van der Waals surface area contributed by atoms with Gasteiger partial charge in [0.25, 0.3) is 0 Å². The number of hydrogen-bond donors (Lipinski definition) is 1. The lowest BCUT2D eigenvalue weighted by Gasteiger charge is -2.31. The monoisotopic (exact) mass is 265 g/mol. The summed E-state index contributed by atoms with van der Waals surface area (Å²) in [7, 11) is 0. The lowest BCUT2D eigenvalue weighted by molar-refractivity contribution is -0.142. The zero-order valence-corrected chi connectivity index (χ0v) is 11.5. The van der Waals surface area contributed by atoms with Gasteiger partial charge in [-0.1, -0.05) is 0 Å². The van der Waals surface area contributed by atoms with Crippen LogP contribution in [-0.2, 0) is 4.79 Å². The van der Waals surface area contributed by atoms with Gasteiger partial charge in [-0.2, -0.15) is 4.98 Å². The van der Waals surface area contributed by atoms with Crippen molar-refractivity contribution in [3.05, 3.63) is 12.4 Å². The summed E-state index contributed by atoms with van der Waals surface area (Å²) in [5.74, 6) is 0.148. The molecule has 0 aromatic carbocycles. The van der Waals surface area contributed by atoms with Crippen LogP contribution in [0, 0.1) is 0 Å². The Hall–Kier alpha value is -1.85. The molecule has 19 heavy (non-hydrogen) atoms. The second kappa shape index (κ2) is 5.03. The Bertz CT molecular complexity index is 478.